The molecule has 0 aliphatic rings. The topological polar surface area (TPSA) is 67.4 Å². The fraction of sp³-hybridized carbons (Fsp3) is 0.0909. The van der Waals surface area contributed by atoms with Crippen LogP contribution in [0.3, 0.4) is 0 Å². The SMILES string of the molecule is Cc1ccc(NC(=O)COc2ccc(Br)cc2)cc1NC(=O)c1ccccc1. The van der Waals surface area contributed by atoms with Crippen LogP contribution >= 0.6 is 15.9 Å². The highest BCUT2D eigenvalue weighted by Gasteiger charge is 2.10. The third-order valence-corrected chi connectivity index (χ3v) is 4.52. The van der Waals surface area contributed by atoms with E-state index in [-0.39, 0.29) is 18.4 Å². The second kappa shape index (κ2) is 9.19. The molecule has 2 N–H and O–H groups in total. The normalized spacial score (nSPS) is 10.2. The van der Waals surface area contributed by atoms with E-state index in [0.29, 0.717) is 22.7 Å². The lowest BCUT2D eigenvalue weighted by Crippen LogP contribution is -2.20. The number of amides is 2. The molecule has 3 aromatic carbocycles. The molecule has 28 heavy (non-hydrogen) atoms. The molecular weight excluding hydrogens is 420 g/mol. The number of hydrogen-bond acceptors (Lipinski definition) is 3. The number of aryl methyl sites for hydroxylation is 1. The molecule has 0 radical (unpaired) electrons. The molecule has 5 nitrogen and oxygen atoms in total. The first-order valence-electron chi connectivity index (χ1n) is 8.66. The van der Waals surface area contributed by atoms with E-state index >= 15 is 0 Å². The Labute approximate surface area is 171 Å². The van der Waals surface area contributed by atoms with Crippen LogP contribution in [0.2, 0.25) is 0 Å². The maximum Gasteiger partial charge on any atom is 0.262 e. The Kier molecular flexibility index (Phi) is 6.45. The van der Waals surface area contributed by atoms with Gasteiger partial charge >= 0.3 is 0 Å². The van der Waals surface area contributed by atoms with E-state index in [1.165, 1.54) is 0 Å². The fourth-order valence-corrected chi connectivity index (χ4v) is 2.76. The molecular formula is C22H19BrN2O3. The zero-order valence-electron chi connectivity index (χ0n) is 15.2. The van der Waals surface area contributed by atoms with Crippen LogP contribution in [0.25, 0.3) is 0 Å². The molecule has 6 heteroatoms. The minimum atomic E-state index is -0.285. The van der Waals surface area contributed by atoms with Gasteiger partial charge in [-0.25, -0.2) is 0 Å². The van der Waals surface area contributed by atoms with E-state index in [9.17, 15) is 9.59 Å². The molecule has 0 saturated carbocycles. The Morgan fingerprint density at radius 2 is 1.64 bits per heavy atom. The maximum atomic E-state index is 12.4. The predicted molar refractivity (Wildman–Crippen MR) is 114 cm³/mol. The van der Waals surface area contributed by atoms with Gasteiger partial charge in [0.1, 0.15) is 5.75 Å². The minimum absolute atomic E-state index is 0.110. The Bertz CT molecular complexity index is 973. The van der Waals surface area contributed by atoms with E-state index in [0.717, 1.165) is 10.0 Å². The van der Waals surface area contributed by atoms with Crippen molar-refractivity contribution in [2.45, 2.75) is 6.92 Å². The van der Waals surface area contributed by atoms with E-state index in [2.05, 4.69) is 26.6 Å². The molecule has 0 heterocycles. The molecule has 0 saturated heterocycles. The van der Waals surface area contributed by atoms with Crippen LogP contribution < -0.4 is 15.4 Å². The van der Waals surface area contributed by atoms with Crippen LogP contribution in [0.5, 0.6) is 5.75 Å². The molecule has 2 amide bonds. The van der Waals surface area contributed by atoms with Crippen molar-refractivity contribution in [3.05, 3.63) is 88.4 Å². The summed E-state index contributed by atoms with van der Waals surface area (Å²) >= 11 is 3.35. The van der Waals surface area contributed by atoms with E-state index in [1.54, 1.807) is 36.4 Å². The first-order valence-corrected chi connectivity index (χ1v) is 9.46. The van der Waals surface area contributed by atoms with Crippen molar-refractivity contribution in [2.75, 3.05) is 17.2 Å². The number of carbonyl (C=O) groups is 2. The van der Waals surface area contributed by atoms with Gasteiger partial charge in [-0.05, 0) is 61.0 Å². The van der Waals surface area contributed by atoms with Gasteiger partial charge in [0.25, 0.3) is 11.8 Å². The average molecular weight is 439 g/mol. The summed E-state index contributed by atoms with van der Waals surface area (Å²) in [7, 11) is 0. The number of hydrogen-bond donors (Lipinski definition) is 2. The van der Waals surface area contributed by atoms with Crippen molar-refractivity contribution in [1.29, 1.82) is 0 Å². The second-order valence-electron chi connectivity index (χ2n) is 6.14. The Balaban J connectivity index is 1.61. The molecule has 0 aliphatic carbocycles. The van der Waals surface area contributed by atoms with Gasteiger partial charge in [-0.15, -0.1) is 0 Å². The van der Waals surface area contributed by atoms with Gasteiger partial charge < -0.3 is 15.4 Å². The Morgan fingerprint density at radius 1 is 0.929 bits per heavy atom. The van der Waals surface area contributed by atoms with E-state index < -0.39 is 0 Å². The summed E-state index contributed by atoms with van der Waals surface area (Å²) in [6, 6.07) is 21.6. The standard InChI is InChI=1S/C22H19BrN2O3/c1-15-7-10-18(13-20(15)25-22(27)16-5-3-2-4-6-16)24-21(26)14-28-19-11-8-17(23)9-12-19/h2-13H,14H2,1H3,(H,24,26)(H,25,27). The van der Waals surface area contributed by atoms with Crippen molar-refractivity contribution < 1.29 is 14.3 Å². The summed E-state index contributed by atoms with van der Waals surface area (Å²) in [5.74, 6) is 0.121. The lowest BCUT2D eigenvalue weighted by molar-refractivity contribution is -0.118. The summed E-state index contributed by atoms with van der Waals surface area (Å²) < 4.78 is 6.41. The number of benzene rings is 3. The van der Waals surface area contributed by atoms with Crippen LogP contribution in [-0.4, -0.2) is 18.4 Å². The molecule has 0 spiro atoms. The largest absolute Gasteiger partial charge is 0.484 e. The lowest BCUT2D eigenvalue weighted by Gasteiger charge is -2.12. The molecule has 0 bridgehead atoms. The van der Waals surface area contributed by atoms with Gasteiger partial charge in [0.15, 0.2) is 6.61 Å². The second-order valence-corrected chi connectivity index (χ2v) is 7.06. The van der Waals surface area contributed by atoms with Gasteiger partial charge in [0, 0.05) is 21.4 Å². The number of rotatable bonds is 6. The summed E-state index contributed by atoms with van der Waals surface area (Å²) in [6.07, 6.45) is 0. The van der Waals surface area contributed by atoms with Crippen LogP contribution in [0, 0.1) is 6.92 Å². The van der Waals surface area contributed by atoms with Crippen LogP contribution in [0.1, 0.15) is 15.9 Å². The number of nitrogens with one attached hydrogen (secondary N) is 2. The molecule has 0 aliphatic heterocycles. The van der Waals surface area contributed by atoms with E-state index in [1.807, 2.05) is 43.3 Å². The highest BCUT2D eigenvalue weighted by atomic mass is 79.9. The minimum Gasteiger partial charge on any atom is -0.484 e. The van der Waals surface area contributed by atoms with Crippen molar-refractivity contribution in [3.8, 4) is 5.75 Å². The molecule has 0 unspecified atom stereocenters. The highest BCUT2D eigenvalue weighted by Crippen LogP contribution is 2.21. The van der Waals surface area contributed by atoms with Crippen molar-refractivity contribution >= 4 is 39.1 Å². The smallest absolute Gasteiger partial charge is 0.262 e. The molecule has 0 fully saturated rings. The number of halogens is 1. The fourth-order valence-electron chi connectivity index (χ4n) is 2.50. The lowest BCUT2D eigenvalue weighted by atomic mass is 10.1. The summed E-state index contributed by atoms with van der Waals surface area (Å²) in [4.78, 5) is 24.5. The Morgan fingerprint density at radius 3 is 2.36 bits per heavy atom. The summed E-state index contributed by atoms with van der Waals surface area (Å²) in [5, 5.41) is 5.66. The van der Waals surface area contributed by atoms with Gasteiger partial charge in [-0.1, -0.05) is 40.2 Å². The number of carbonyl (C=O) groups excluding carboxylic acids is 2. The average Bonchev–Trinajstić information content (AvgIpc) is 2.71. The highest BCUT2D eigenvalue weighted by molar-refractivity contribution is 9.10. The predicted octanol–water partition coefficient (Wildman–Crippen LogP) is 5.03. The molecule has 142 valence electrons. The molecule has 0 atom stereocenters. The monoisotopic (exact) mass is 438 g/mol. The molecule has 0 aromatic heterocycles. The maximum absolute atomic E-state index is 12.4. The third kappa shape index (κ3) is 5.44. The van der Waals surface area contributed by atoms with Crippen molar-refractivity contribution in [1.82, 2.24) is 0 Å². The van der Waals surface area contributed by atoms with Crippen LogP contribution in [0.4, 0.5) is 11.4 Å². The van der Waals surface area contributed by atoms with Crippen LogP contribution in [-0.2, 0) is 4.79 Å². The number of ether oxygens (including phenoxy) is 1. The molecule has 3 aromatic rings. The molecule has 3 rings (SSSR count). The Hall–Kier alpha value is -3.12. The summed E-state index contributed by atoms with van der Waals surface area (Å²) in [5.41, 5.74) is 2.69. The zero-order valence-corrected chi connectivity index (χ0v) is 16.8. The van der Waals surface area contributed by atoms with Crippen molar-refractivity contribution in [3.63, 3.8) is 0 Å². The van der Waals surface area contributed by atoms with Crippen molar-refractivity contribution in [2.24, 2.45) is 0 Å². The van der Waals surface area contributed by atoms with Gasteiger partial charge in [0.2, 0.25) is 0 Å². The van der Waals surface area contributed by atoms with Gasteiger partial charge in [-0.3, -0.25) is 9.59 Å². The quantitative estimate of drug-likeness (QED) is 0.567. The first-order chi connectivity index (χ1) is 13.5. The van der Waals surface area contributed by atoms with Crippen LogP contribution in [0.15, 0.2) is 77.3 Å². The van der Waals surface area contributed by atoms with Gasteiger partial charge in [-0.2, -0.15) is 0 Å². The first kappa shape index (κ1) is 19.6. The summed E-state index contributed by atoms with van der Waals surface area (Å²) in [6.45, 7) is 1.78. The zero-order chi connectivity index (χ0) is 19.9. The van der Waals surface area contributed by atoms with E-state index in [4.69, 9.17) is 4.74 Å². The third-order valence-electron chi connectivity index (χ3n) is 3.99. The number of anilines is 2. The van der Waals surface area contributed by atoms with Gasteiger partial charge in [0.05, 0.1) is 0 Å².